The molecular formula is C9H12O. The first-order valence-electron chi connectivity index (χ1n) is 3.20. The molecule has 0 aromatic rings. The van der Waals surface area contributed by atoms with Crippen LogP contribution in [0.4, 0.5) is 0 Å². The summed E-state index contributed by atoms with van der Waals surface area (Å²) in [6.45, 7) is 5.52. The van der Waals surface area contributed by atoms with Gasteiger partial charge in [-0.2, -0.15) is 0 Å². The number of carbonyl (C=O) groups is 1. The summed E-state index contributed by atoms with van der Waals surface area (Å²) in [6, 6.07) is 0. The zero-order chi connectivity index (χ0) is 7.82. The van der Waals surface area contributed by atoms with Crippen LogP contribution in [0, 0.1) is 0 Å². The lowest BCUT2D eigenvalue weighted by atomic mass is 10.2. The van der Waals surface area contributed by atoms with E-state index in [1.807, 2.05) is 19.1 Å². The summed E-state index contributed by atoms with van der Waals surface area (Å²) in [5.41, 5.74) is 1.09. The van der Waals surface area contributed by atoms with Crippen molar-refractivity contribution in [2.45, 2.75) is 13.3 Å². The highest BCUT2D eigenvalue weighted by Crippen LogP contribution is 1.96. The van der Waals surface area contributed by atoms with Gasteiger partial charge in [-0.1, -0.05) is 23.8 Å². The molecule has 0 unspecified atom stereocenters. The summed E-state index contributed by atoms with van der Waals surface area (Å²) in [7, 11) is 0. The molecule has 10 heavy (non-hydrogen) atoms. The highest BCUT2D eigenvalue weighted by atomic mass is 16.1. The van der Waals surface area contributed by atoms with Gasteiger partial charge < -0.3 is 0 Å². The maximum atomic E-state index is 9.85. The lowest BCUT2D eigenvalue weighted by molar-refractivity contribution is -0.104. The van der Waals surface area contributed by atoms with E-state index in [1.165, 1.54) is 6.08 Å². The van der Waals surface area contributed by atoms with Crippen LogP contribution in [-0.4, -0.2) is 6.29 Å². The molecule has 0 bridgehead atoms. The zero-order valence-electron chi connectivity index (χ0n) is 6.21. The summed E-state index contributed by atoms with van der Waals surface area (Å²) < 4.78 is 0. The maximum absolute atomic E-state index is 9.85. The standard InChI is InChI=1S/C9H12O/c1-3-4-6-9(2)7-5-8-10/h3,5-8H,1,4H2,2H3/b7-5+,9-6-. The quantitative estimate of drug-likeness (QED) is 0.251. The van der Waals surface area contributed by atoms with Crippen LogP contribution in [0.15, 0.2) is 36.5 Å². The summed E-state index contributed by atoms with van der Waals surface area (Å²) in [6.07, 6.45) is 8.71. The second-order valence-electron chi connectivity index (χ2n) is 1.97. The maximum Gasteiger partial charge on any atom is 0.142 e. The van der Waals surface area contributed by atoms with Crippen molar-refractivity contribution in [1.29, 1.82) is 0 Å². The van der Waals surface area contributed by atoms with E-state index < -0.39 is 0 Å². The Morgan fingerprint density at radius 3 is 2.80 bits per heavy atom. The molecule has 0 amide bonds. The molecule has 54 valence electrons. The number of hydrogen-bond acceptors (Lipinski definition) is 1. The van der Waals surface area contributed by atoms with E-state index in [1.54, 1.807) is 6.08 Å². The highest BCUT2D eigenvalue weighted by Gasteiger charge is 1.77. The topological polar surface area (TPSA) is 17.1 Å². The zero-order valence-corrected chi connectivity index (χ0v) is 6.21. The smallest absolute Gasteiger partial charge is 0.142 e. The van der Waals surface area contributed by atoms with E-state index in [2.05, 4.69) is 6.58 Å². The van der Waals surface area contributed by atoms with Crippen molar-refractivity contribution in [2.75, 3.05) is 0 Å². The van der Waals surface area contributed by atoms with Crippen molar-refractivity contribution in [3.63, 3.8) is 0 Å². The molecule has 0 heterocycles. The number of allylic oxidation sites excluding steroid dienone is 5. The molecule has 0 aliphatic carbocycles. The van der Waals surface area contributed by atoms with Crippen molar-refractivity contribution < 1.29 is 4.79 Å². The van der Waals surface area contributed by atoms with Gasteiger partial charge in [-0.25, -0.2) is 0 Å². The molecule has 0 spiro atoms. The van der Waals surface area contributed by atoms with Crippen molar-refractivity contribution in [2.24, 2.45) is 0 Å². The summed E-state index contributed by atoms with van der Waals surface area (Å²) in [5, 5.41) is 0. The Labute approximate surface area is 61.8 Å². The van der Waals surface area contributed by atoms with Crippen LogP contribution in [0.3, 0.4) is 0 Å². The molecule has 0 N–H and O–H groups in total. The number of aldehydes is 1. The summed E-state index contributed by atoms with van der Waals surface area (Å²) in [5.74, 6) is 0. The van der Waals surface area contributed by atoms with Crippen LogP contribution < -0.4 is 0 Å². The van der Waals surface area contributed by atoms with Gasteiger partial charge in [0.25, 0.3) is 0 Å². The molecule has 1 nitrogen and oxygen atoms in total. The van der Waals surface area contributed by atoms with Gasteiger partial charge in [0.1, 0.15) is 6.29 Å². The van der Waals surface area contributed by atoms with Crippen molar-refractivity contribution in [1.82, 2.24) is 0 Å². The number of hydrogen-bond donors (Lipinski definition) is 0. The number of carbonyl (C=O) groups excluding carboxylic acids is 1. The van der Waals surface area contributed by atoms with E-state index in [9.17, 15) is 4.79 Å². The molecule has 0 aliphatic heterocycles. The fraction of sp³-hybridized carbons (Fsp3) is 0.222. The fourth-order valence-corrected chi connectivity index (χ4v) is 0.528. The Bertz CT molecular complexity index is 164. The van der Waals surface area contributed by atoms with Crippen molar-refractivity contribution in [3.05, 3.63) is 36.5 Å². The van der Waals surface area contributed by atoms with Crippen molar-refractivity contribution in [3.8, 4) is 0 Å². The molecule has 0 rings (SSSR count). The molecule has 0 aliphatic rings. The first-order chi connectivity index (χ1) is 4.81. The third-order valence-electron chi connectivity index (χ3n) is 1.04. The molecule has 0 aromatic heterocycles. The van der Waals surface area contributed by atoms with E-state index in [-0.39, 0.29) is 0 Å². The van der Waals surface area contributed by atoms with E-state index >= 15 is 0 Å². The molecule has 1 heteroatoms. The predicted molar refractivity (Wildman–Crippen MR) is 43.8 cm³/mol. The molecule has 0 saturated heterocycles. The van der Waals surface area contributed by atoms with Gasteiger partial charge in [0, 0.05) is 0 Å². The average molecular weight is 136 g/mol. The van der Waals surface area contributed by atoms with E-state index in [0.717, 1.165) is 18.3 Å². The fourth-order valence-electron chi connectivity index (χ4n) is 0.528. The van der Waals surface area contributed by atoms with Crippen LogP contribution in [0.2, 0.25) is 0 Å². The van der Waals surface area contributed by atoms with Gasteiger partial charge in [-0.05, 0) is 19.4 Å². The van der Waals surface area contributed by atoms with Crippen LogP contribution in [0.1, 0.15) is 13.3 Å². The Hall–Kier alpha value is -1.11. The van der Waals surface area contributed by atoms with Gasteiger partial charge >= 0.3 is 0 Å². The van der Waals surface area contributed by atoms with Crippen LogP contribution in [0.5, 0.6) is 0 Å². The SMILES string of the molecule is C=CC/C=C(C)\C=C\C=O. The van der Waals surface area contributed by atoms with Crippen LogP contribution in [0.25, 0.3) is 0 Å². The summed E-state index contributed by atoms with van der Waals surface area (Å²) >= 11 is 0. The minimum atomic E-state index is 0.769. The highest BCUT2D eigenvalue weighted by molar-refractivity contribution is 5.65. The molecule has 0 radical (unpaired) electrons. The van der Waals surface area contributed by atoms with Gasteiger partial charge in [0.05, 0.1) is 0 Å². The van der Waals surface area contributed by atoms with E-state index in [0.29, 0.717) is 0 Å². The van der Waals surface area contributed by atoms with Gasteiger partial charge in [-0.15, -0.1) is 6.58 Å². The molecule has 0 atom stereocenters. The van der Waals surface area contributed by atoms with E-state index in [4.69, 9.17) is 0 Å². The Morgan fingerprint density at radius 1 is 1.60 bits per heavy atom. The minimum Gasteiger partial charge on any atom is -0.299 e. The van der Waals surface area contributed by atoms with Gasteiger partial charge in [0.15, 0.2) is 0 Å². The largest absolute Gasteiger partial charge is 0.299 e. The lowest BCUT2D eigenvalue weighted by Gasteiger charge is -1.86. The second-order valence-corrected chi connectivity index (χ2v) is 1.97. The second kappa shape index (κ2) is 6.02. The molecule has 0 fully saturated rings. The van der Waals surface area contributed by atoms with Crippen LogP contribution >= 0.6 is 0 Å². The lowest BCUT2D eigenvalue weighted by Crippen LogP contribution is -1.68. The Morgan fingerprint density at radius 2 is 2.30 bits per heavy atom. The van der Waals surface area contributed by atoms with Crippen molar-refractivity contribution >= 4 is 6.29 Å². The first kappa shape index (κ1) is 8.89. The predicted octanol–water partition coefficient (Wildman–Crippen LogP) is 2.26. The number of rotatable bonds is 4. The molecule has 0 saturated carbocycles. The van der Waals surface area contributed by atoms with Gasteiger partial charge in [-0.3, -0.25) is 4.79 Å². The Balaban J connectivity index is 3.80. The minimum absolute atomic E-state index is 0.769. The van der Waals surface area contributed by atoms with Crippen LogP contribution in [-0.2, 0) is 4.79 Å². The Kier molecular flexibility index (Phi) is 5.35. The molecular weight excluding hydrogens is 124 g/mol. The third kappa shape index (κ3) is 5.04. The monoisotopic (exact) mass is 136 g/mol. The first-order valence-corrected chi connectivity index (χ1v) is 3.20. The summed E-state index contributed by atoms with van der Waals surface area (Å²) in [4.78, 5) is 9.85. The molecule has 0 aromatic carbocycles. The average Bonchev–Trinajstić information content (AvgIpc) is 1.97. The third-order valence-corrected chi connectivity index (χ3v) is 1.04. The van der Waals surface area contributed by atoms with Gasteiger partial charge in [0.2, 0.25) is 0 Å². The normalized spacial score (nSPS) is 11.9.